The van der Waals surface area contributed by atoms with Gasteiger partial charge in [0.2, 0.25) is 0 Å². The van der Waals surface area contributed by atoms with Gasteiger partial charge in [0.25, 0.3) is 0 Å². The molecular formula is C15H15BrO3. The van der Waals surface area contributed by atoms with Crippen molar-refractivity contribution in [1.82, 2.24) is 0 Å². The van der Waals surface area contributed by atoms with Gasteiger partial charge in [-0.3, -0.25) is 0 Å². The topological polar surface area (TPSA) is 38.7 Å². The second kappa shape index (κ2) is 6.59. The maximum absolute atomic E-state index is 10.0. The summed E-state index contributed by atoms with van der Waals surface area (Å²) in [5.41, 5.74) is 0.830. The van der Waals surface area contributed by atoms with E-state index in [1.54, 1.807) is 7.11 Å². The molecule has 1 N–H and O–H groups in total. The van der Waals surface area contributed by atoms with Crippen LogP contribution in [0.3, 0.4) is 0 Å². The van der Waals surface area contributed by atoms with Gasteiger partial charge >= 0.3 is 0 Å². The summed E-state index contributed by atoms with van der Waals surface area (Å²) in [6.45, 7) is 0.177. The Morgan fingerprint density at radius 2 is 1.84 bits per heavy atom. The van der Waals surface area contributed by atoms with Crippen molar-refractivity contribution in [2.75, 3.05) is 13.7 Å². The minimum absolute atomic E-state index is 0.177. The lowest BCUT2D eigenvalue weighted by atomic mass is 10.1. The van der Waals surface area contributed by atoms with E-state index in [1.807, 2.05) is 48.5 Å². The van der Waals surface area contributed by atoms with E-state index in [0.29, 0.717) is 11.5 Å². The molecule has 0 saturated carbocycles. The first-order valence-corrected chi connectivity index (χ1v) is 6.69. The van der Waals surface area contributed by atoms with Gasteiger partial charge in [-0.15, -0.1) is 0 Å². The molecule has 0 bridgehead atoms. The maximum atomic E-state index is 10.0. The van der Waals surface area contributed by atoms with Gasteiger partial charge < -0.3 is 14.6 Å². The summed E-state index contributed by atoms with van der Waals surface area (Å²) in [6, 6.07) is 14.9. The van der Waals surface area contributed by atoms with Crippen molar-refractivity contribution in [2.45, 2.75) is 6.10 Å². The Bertz CT molecular complexity index is 528. The van der Waals surface area contributed by atoms with E-state index >= 15 is 0 Å². The predicted octanol–water partition coefficient (Wildman–Crippen LogP) is 3.57. The van der Waals surface area contributed by atoms with Gasteiger partial charge in [0.15, 0.2) is 11.5 Å². The third-order valence-electron chi connectivity index (χ3n) is 2.71. The minimum atomic E-state index is -0.662. The zero-order valence-corrected chi connectivity index (χ0v) is 12.1. The van der Waals surface area contributed by atoms with E-state index in [0.717, 1.165) is 10.0 Å². The van der Waals surface area contributed by atoms with Crippen LogP contribution in [0.4, 0.5) is 0 Å². The van der Waals surface area contributed by atoms with Gasteiger partial charge in [0.1, 0.15) is 12.7 Å². The number of benzene rings is 2. The fraction of sp³-hybridized carbons (Fsp3) is 0.200. The normalized spacial score (nSPS) is 11.9. The lowest BCUT2D eigenvalue weighted by Gasteiger charge is -2.15. The molecule has 0 amide bonds. The van der Waals surface area contributed by atoms with Gasteiger partial charge in [-0.05, 0) is 23.8 Å². The monoisotopic (exact) mass is 322 g/mol. The summed E-state index contributed by atoms with van der Waals surface area (Å²) in [5, 5.41) is 10.0. The molecule has 100 valence electrons. The highest BCUT2D eigenvalue weighted by atomic mass is 79.9. The second-order valence-corrected chi connectivity index (χ2v) is 4.95. The second-order valence-electron chi connectivity index (χ2n) is 4.03. The first-order chi connectivity index (χ1) is 9.20. The Kier molecular flexibility index (Phi) is 4.82. The van der Waals surface area contributed by atoms with Crippen molar-refractivity contribution in [3.8, 4) is 11.5 Å². The van der Waals surface area contributed by atoms with Gasteiger partial charge in [-0.1, -0.05) is 46.3 Å². The van der Waals surface area contributed by atoms with Crippen LogP contribution in [0.1, 0.15) is 11.7 Å². The molecule has 0 spiro atoms. The van der Waals surface area contributed by atoms with Crippen LogP contribution in [0.15, 0.2) is 53.0 Å². The molecule has 0 radical (unpaired) electrons. The molecule has 3 nitrogen and oxygen atoms in total. The number of aliphatic hydroxyl groups is 1. The van der Waals surface area contributed by atoms with Crippen molar-refractivity contribution in [2.24, 2.45) is 0 Å². The van der Waals surface area contributed by atoms with E-state index in [-0.39, 0.29) is 6.61 Å². The number of rotatable bonds is 5. The molecule has 0 aliphatic heterocycles. The van der Waals surface area contributed by atoms with Crippen LogP contribution in [-0.4, -0.2) is 18.8 Å². The molecule has 0 saturated heterocycles. The third-order valence-corrected chi connectivity index (χ3v) is 3.20. The molecule has 0 aromatic heterocycles. The lowest BCUT2D eigenvalue weighted by molar-refractivity contribution is 0.106. The first-order valence-electron chi connectivity index (χ1n) is 5.90. The summed E-state index contributed by atoms with van der Waals surface area (Å²) in [7, 11) is 1.59. The Hall–Kier alpha value is -1.52. The largest absolute Gasteiger partial charge is 0.493 e. The van der Waals surface area contributed by atoms with Crippen LogP contribution in [0.25, 0.3) is 0 Å². The number of halogens is 1. The molecule has 4 heteroatoms. The van der Waals surface area contributed by atoms with Crippen molar-refractivity contribution in [3.05, 3.63) is 58.6 Å². The fourth-order valence-corrected chi connectivity index (χ4v) is 2.04. The van der Waals surface area contributed by atoms with E-state index < -0.39 is 6.10 Å². The summed E-state index contributed by atoms with van der Waals surface area (Å²) in [4.78, 5) is 0. The molecule has 0 heterocycles. The van der Waals surface area contributed by atoms with Gasteiger partial charge in [-0.2, -0.15) is 0 Å². The van der Waals surface area contributed by atoms with Crippen LogP contribution in [-0.2, 0) is 0 Å². The van der Waals surface area contributed by atoms with Crippen molar-refractivity contribution in [1.29, 1.82) is 0 Å². The lowest BCUT2D eigenvalue weighted by Crippen LogP contribution is -2.10. The maximum Gasteiger partial charge on any atom is 0.162 e. The number of hydrogen-bond acceptors (Lipinski definition) is 3. The molecule has 0 unspecified atom stereocenters. The van der Waals surface area contributed by atoms with Crippen LogP contribution in [0.2, 0.25) is 0 Å². The highest BCUT2D eigenvalue weighted by Gasteiger charge is 2.10. The quantitative estimate of drug-likeness (QED) is 0.914. The van der Waals surface area contributed by atoms with Crippen LogP contribution in [0.5, 0.6) is 11.5 Å². The average Bonchev–Trinajstić information content (AvgIpc) is 2.46. The molecular weight excluding hydrogens is 308 g/mol. The van der Waals surface area contributed by atoms with Crippen molar-refractivity contribution >= 4 is 15.9 Å². The molecule has 2 aromatic carbocycles. The van der Waals surface area contributed by atoms with Crippen LogP contribution in [0, 0.1) is 0 Å². The highest BCUT2D eigenvalue weighted by molar-refractivity contribution is 9.10. The number of hydrogen-bond donors (Lipinski definition) is 1. The van der Waals surface area contributed by atoms with Gasteiger partial charge in [0.05, 0.1) is 7.11 Å². The number of aliphatic hydroxyl groups excluding tert-OH is 1. The summed E-state index contributed by atoms with van der Waals surface area (Å²) < 4.78 is 11.7. The summed E-state index contributed by atoms with van der Waals surface area (Å²) in [5.74, 6) is 1.25. The molecule has 19 heavy (non-hydrogen) atoms. The summed E-state index contributed by atoms with van der Waals surface area (Å²) >= 11 is 3.38. The smallest absolute Gasteiger partial charge is 0.162 e. The van der Waals surface area contributed by atoms with E-state index in [9.17, 15) is 5.11 Å². The van der Waals surface area contributed by atoms with E-state index in [4.69, 9.17) is 9.47 Å². The Morgan fingerprint density at radius 3 is 2.53 bits per heavy atom. The minimum Gasteiger partial charge on any atom is -0.493 e. The SMILES string of the molecule is COc1ccc(Br)cc1OC[C@@H](O)c1ccccc1. The Morgan fingerprint density at radius 1 is 1.11 bits per heavy atom. The van der Waals surface area contributed by atoms with Gasteiger partial charge in [-0.25, -0.2) is 0 Å². The molecule has 2 aromatic rings. The van der Waals surface area contributed by atoms with Crippen molar-refractivity contribution in [3.63, 3.8) is 0 Å². The molecule has 0 aliphatic rings. The molecule has 0 fully saturated rings. The molecule has 2 rings (SSSR count). The predicted molar refractivity (Wildman–Crippen MR) is 77.6 cm³/mol. The van der Waals surface area contributed by atoms with Crippen LogP contribution < -0.4 is 9.47 Å². The summed E-state index contributed by atoms with van der Waals surface area (Å²) in [6.07, 6.45) is -0.662. The first kappa shape index (κ1) is 13.9. The van der Waals surface area contributed by atoms with E-state index in [2.05, 4.69) is 15.9 Å². The molecule has 0 aliphatic carbocycles. The Labute approximate surface area is 120 Å². The van der Waals surface area contributed by atoms with E-state index in [1.165, 1.54) is 0 Å². The van der Waals surface area contributed by atoms with Gasteiger partial charge in [0, 0.05) is 4.47 Å². The van der Waals surface area contributed by atoms with Crippen LogP contribution >= 0.6 is 15.9 Å². The fourth-order valence-electron chi connectivity index (χ4n) is 1.70. The number of methoxy groups -OCH3 is 1. The average molecular weight is 323 g/mol. The Balaban J connectivity index is 2.04. The number of ether oxygens (including phenoxy) is 2. The standard InChI is InChI=1S/C15H15BrO3/c1-18-14-8-7-12(16)9-15(14)19-10-13(17)11-5-3-2-4-6-11/h2-9,13,17H,10H2,1H3/t13-/m1/s1. The molecule has 1 atom stereocenters. The highest BCUT2D eigenvalue weighted by Crippen LogP contribution is 2.31. The zero-order valence-electron chi connectivity index (χ0n) is 10.5. The zero-order chi connectivity index (χ0) is 13.7. The third kappa shape index (κ3) is 3.72. The van der Waals surface area contributed by atoms with Crippen molar-refractivity contribution < 1.29 is 14.6 Å².